The highest BCUT2D eigenvalue weighted by Gasteiger charge is 2.04. The van der Waals surface area contributed by atoms with Crippen molar-refractivity contribution in [2.24, 2.45) is 5.73 Å². The first-order chi connectivity index (χ1) is 7.24. The first-order valence-electron chi connectivity index (χ1n) is 5.66. The Hall–Kier alpha value is -1.02. The summed E-state index contributed by atoms with van der Waals surface area (Å²) in [5, 5.41) is 0. The van der Waals surface area contributed by atoms with Gasteiger partial charge in [0.25, 0.3) is 0 Å². The number of rotatable bonds is 6. The fourth-order valence-electron chi connectivity index (χ4n) is 1.54. The van der Waals surface area contributed by atoms with Gasteiger partial charge in [0, 0.05) is 0 Å². The van der Waals surface area contributed by atoms with Gasteiger partial charge in [0.1, 0.15) is 5.75 Å². The zero-order chi connectivity index (χ0) is 11.1. The molecule has 0 aliphatic heterocycles. The van der Waals surface area contributed by atoms with E-state index in [1.165, 1.54) is 5.56 Å². The third-order valence-corrected chi connectivity index (χ3v) is 2.49. The largest absolute Gasteiger partial charge is 0.490 e. The van der Waals surface area contributed by atoms with Crippen LogP contribution in [0.3, 0.4) is 0 Å². The van der Waals surface area contributed by atoms with Crippen molar-refractivity contribution in [2.75, 3.05) is 6.54 Å². The molecule has 0 aromatic heterocycles. The molecule has 0 spiro atoms. The normalized spacial score (nSPS) is 12.5. The van der Waals surface area contributed by atoms with E-state index in [0.29, 0.717) is 0 Å². The van der Waals surface area contributed by atoms with E-state index < -0.39 is 0 Å². The van der Waals surface area contributed by atoms with Gasteiger partial charge in [0.2, 0.25) is 0 Å². The lowest BCUT2D eigenvalue weighted by Crippen LogP contribution is -2.13. The number of benzene rings is 1. The molecule has 2 nitrogen and oxygen atoms in total. The minimum atomic E-state index is 0.276. The quantitative estimate of drug-likeness (QED) is 0.728. The van der Waals surface area contributed by atoms with E-state index in [9.17, 15) is 0 Å². The number of hydrogen-bond donors (Lipinski definition) is 1. The number of aryl methyl sites for hydroxylation is 1. The Morgan fingerprint density at radius 1 is 1.27 bits per heavy atom. The van der Waals surface area contributed by atoms with Crippen LogP contribution in [0.1, 0.15) is 31.7 Å². The number of nitrogens with two attached hydrogens (primary N) is 1. The Morgan fingerprint density at radius 3 is 2.67 bits per heavy atom. The van der Waals surface area contributed by atoms with E-state index in [1.807, 2.05) is 18.2 Å². The zero-order valence-electron chi connectivity index (χ0n) is 9.70. The van der Waals surface area contributed by atoms with Crippen molar-refractivity contribution in [1.29, 1.82) is 0 Å². The lowest BCUT2D eigenvalue weighted by molar-refractivity contribution is 0.206. The lowest BCUT2D eigenvalue weighted by atomic mass is 10.1. The van der Waals surface area contributed by atoms with Gasteiger partial charge in [-0.2, -0.15) is 0 Å². The Labute approximate surface area is 92.4 Å². The molecule has 0 aliphatic rings. The molecule has 1 atom stereocenters. The summed E-state index contributed by atoms with van der Waals surface area (Å²) >= 11 is 0. The van der Waals surface area contributed by atoms with Crippen molar-refractivity contribution in [3.05, 3.63) is 29.8 Å². The molecule has 1 aromatic rings. The van der Waals surface area contributed by atoms with E-state index in [-0.39, 0.29) is 6.10 Å². The predicted molar refractivity (Wildman–Crippen MR) is 64.2 cm³/mol. The Kier molecular flexibility index (Phi) is 5.19. The van der Waals surface area contributed by atoms with E-state index in [4.69, 9.17) is 10.5 Å². The lowest BCUT2D eigenvalue weighted by Gasteiger charge is -2.15. The Morgan fingerprint density at radius 2 is 2.00 bits per heavy atom. The average molecular weight is 207 g/mol. The van der Waals surface area contributed by atoms with Crippen LogP contribution in [0.25, 0.3) is 0 Å². The molecule has 84 valence electrons. The summed E-state index contributed by atoms with van der Waals surface area (Å²) in [6.07, 6.45) is 3.58. The van der Waals surface area contributed by atoms with Crippen LogP contribution < -0.4 is 10.5 Å². The minimum absolute atomic E-state index is 0.276. The molecular weight excluding hydrogens is 186 g/mol. The van der Waals surface area contributed by atoms with Gasteiger partial charge >= 0.3 is 0 Å². The van der Waals surface area contributed by atoms with Crippen LogP contribution >= 0.6 is 0 Å². The van der Waals surface area contributed by atoms with Crippen LogP contribution in [0.4, 0.5) is 0 Å². The van der Waals surface area contributed by atoms with Crippen molar-refractivity contribution in [1.82, 2.24) is 0 Å². The molecule has 15 heavy (non-hydrogen) atoms. The third kappa shape index (κ3) is 4.34. The van der Waals surface area contributed by atoms with Crippen LogP contribution in [0.2, 0.25) is 0 Å². The van der Waals surface area contributed by atoms with Crippen LogP contribution in [0.15, 0.2) is 24.3 Å². The smallest absolute Gasteiger partial charge is 0.122 e. The summed E-state index contributed by atoms with van der Waals surface area (Å²) in [6.45, 7) is 4.96. The molecular formula is C13H21NO. The second kappa shape index (κ2) is 6.46. The summed E-state index contributed by atoms with van der Waals surface area (Å²) in [5.41, 5.74) is 6.65. The number of para-hydroxylation sites is 1. The van der Waals surface area contributed by atoms with Gasteiger partial charge in [-0.05, 0) is 51.3 Å². The van der Waals surface area contributed by atoms with Crippen molar-refractivity contribution in [2.45, 2.75) is 39.2 Å². The molecule has 0 bridgehead atoms. The van der Waals surface area contributed by atoms with Gasteiger partial charge in [-0.3, -0.25) is 0 Å². The van der Waals surface area contributed by atoms with Gasteiger partial charge in [-0.1, -0.05) is 18.2 Å². The molecule has 0 aliphatic carbocycles. The van der Waals surface area contributed by atoms with E-state index in [2.05, 4.69) is 19.9 Å². The van der Waals surface area contributed by atoms with Crippen molar-refractivity contribution >= 4 is 0 Å². The SMILES string of the molecule is Cc1ccccc1OC(C)CCCCN. The fourth-order valence-corrected chi connectivity index (χ4v) is 1.54. The molecule has 1 rings (SSSR count). The van der Waals surface area contributed by atoms with E-state index in [0.717, 1.165) is 31.6 Å². The molecule has 0 fully saturated rings. The van der Waals surface area contributed by atoms with Gasteiger partial charge in [-0.15, -0.1) is 0 Å². The monoisotopic (exact) mass is 207 g/mol. The van der Waals surface area contributed by atoms with Crippen LogP contribution in [0.5, 0.6) is 5.75 Å². The third-order valence-electron chi connectivity index (χ3n) is 2.49. The highest BCUT2D eigenvalue weighted by molar-refractivity contribution is 5.31. The topological polar surface area (TPSA) is 35.2 Å². The zero-order valence-corrected chi connectivity index (χ0v) is 9.70. The minimum Gasteiger partial charge on any atom is -0.490 e. The van der Waals surface area contributed by atoms with Gasteiger partial charge < -0.3 is 10.5 Å². The maximum atomic E-state index is 5.85. The van der Waals surface area contributed by atoms with Gasteiger partial charge in [0.05, 0.1) is 6.10 Å². The molecule has 2 N–H and O–H groups in total. The number of ether oxygens (including phenoxy) is 1. The summed E-state index contributed by atoms with van der Waals surface area (Å²) in [7, 11) is 0. The van der Waals surface area contributed by atoms with E-state index >= 15 is 0 Å². The highest BCUT2D eigenvalue weighted by Crippen LogP contribution is 2.19. The van der Waals surface area contributed by atoms with Crippen molar-refractivity contribution in [3.63, 3.8) is 0 Å². The molecule has 1 unspecified atom stereocenters. The Balaban J connectivity index is 2.37. The van der Waals surface area contributed by atoms with Crippen LogP contribution in [0, 0.1) is 6.92 Å². The molecule has 0 amide bonds. The summed E-state index contributed by atoms with van der Waals surface area (Å²) in [4.78, 5) is 0. The molecule has 0 saturated carbocycles. The Bertz CT molecular complexity index is 286. The first kappa shape index (κ1) is 12.1. The molecule has 0 saturated heterocycles. The van der Waals surface area contributed by atoms with Crippen molar-refractivity contribution < 1.29 is 4.74 Å². The van der Waals surface area contributed by atoms with E-state index in [1.54, 1.807) is 0 Å². The number of unbranched alkanes of at least 4 members (excludes halogenated alkanes) is 1. The van der Waals surface area contributed by atoms with Gasteiger partial charge in [-0.25, -0.2) is 0 Å². The van der Waals surface area contributed by atoms with Crippen LogP contribution in [-0.2, 0) is 0 Å². The highest BCUT2D eigenvalue weighted by atomic mass is 16.5. The molecule has 2 heteroatoms. The van der Waals surface area contributed by atoms with Crippen molar-refractivity contribution in [3.8, 4) is 5.75 Å². The fraction of sp³-hybridized carbons (Fsp3) is 0.538. The average Bonchev–Trinajstić information content (AvgIpc) is 2.22. The van der Waals surface area contributed by atoms with Gasteiger partial charge in [0.15, 0.2) is 0 Å². The molecule has 0 radical (unpaired) electrons. The number of hydrogen-bond acceptors (Lipinski definition) is 2. The molecule has 1 aromatic carbocycles. The summed E-state index contributed by atoms with van der Waals surface area (Å²) in [5.74, 6) is 0.998. The standard InChI is InChI=1S/C13H21NO/c1-11-7-3-4-9-13(11)15-12(2)8-5-6-10-14/h3-4,7,9,12H,5-6,8,10,14H2,1-2H3. The second-order valence-electron chi connectivity index (χ2n) is 3.98. The van der Waals surface area contributed by atoms with Crippen LogP contribution in [-0.4, -0.2) is 12.6 Å². The summed E-state index contributed by atoms with van der Waals surface area (Å²) < 4.78 is 5.85. The molecule has 0 heterocycles. The maximum Gasteiger partial charge on any atom is 0.122 e. The maximum absolute atomic E-state index is 5.85. The second-order valence-corrected chi connectivity index (χ2v) is 3.98. The predicted octanol–water partition coefficient (Wildman–Crippen LogP) is 2.89. The summed E-state index contributed by atoms with van der Waals surface area (Å²) in [6, 6.07) is 8.13. The first-order valence-corrected chi connectivity index (χ1v) is 5.66.